The van der Waals surface area contributed by atoms with E-state index in [1.165, 1.54) is 11.3 Å². The molecule has 19 heavy (non-hydrogen) atoms. The van der Waals surface area contributed by atoms with Gasteiger partial charge in [0.1, 0.15) is 5.75 Å². The molecule has 0 fully saturated rings. The van der Waals surface area contributed by atoms with Crippen LogP contribution < -0.4 is 4.74 Å². The van der Waals surface area contributed by atoms with Gasteiger partial charge in [-0.1, -0.05) is 36.4 Å². The van der Waals surface area contributed by atoms with Crippen molar-refractivity contribution < 1.29 is 9.53 Å². The Morgan fingerprint density at radius 3 is 2.74 bits per heavy atom. The van der Waals surface area contributed by atoms with E-state index in [2.05, 4.69) is 4.98 Å². The third-order valence-corrected chi connectivity index (χ3v) is 3.55. The Bertz CT molecular complexity index is 743. The topological polar surface area (TPSA) is 39.2 Å². The van der Waals surface area contributed by atoms with E-state index in [9.17, 15) is 4.79 Å². The van der Waals surface area contributed by atoms with E-state index >= 15 is 0 Å². The number of benzene rings is 2. The highest BCUT2D eigenvalue weighted by Crippen LogP contribution is 2.26. The Morgan fingerprint density at radius 2 is 1.95 bits per heavy atom. The minimum absolute atomic E-state index is 0.357. The molecule has 0 bridgehead atoms. The Hall–Kier alpha value is -2.20. The molecule has 0 unspecified atom stereocenters. The molecule has 0 amide bonds. The summed E-state index contributed by atoms with van der Waals surface area (Å²) in [5, 5.41) is 4.53. The number of carbonyl (C=O) groups excluding carboxylic acids is 1. The molecule has 0 spiro atoms. The number of esters is 1. The summed E-state index contributed by atoms with van der Waals surface area (Å²) in [7, 11) is 0. The molecule has 3 nitrogen and oxygen atoms in total. The van der Waals surface area contributed by atoms with Crippen LogP contribution in [0.3, 0.4) is 0 Å². The van der Waals surface area contributed by atoms with Crippen molar-refractivity contribution in [3.8, 4) is 5.75 Å². The number of hydrogen-bond donors (Lipinski definition) is 0. The normalized spacial score (nSPS) is 10.6. The van der Waals surface area contributed by atoms with Crippen LogP contribution in [-0.2, 0) is 0 Å². The van der Waals surface area contributed by atoms with Crippen molar-refractivity contribution in [2.75, 3.05) is 0 Å². The molecule has 2 aromatic carbocycles. The molecule has 94 valence electrons. The number of hydrogen-bond acceptors (Lipinski definition) is 4. The van der Waals surface area contributed by atoms with Crippen molar-refractivity contribution in [1.82, 2.24) is 4.98 Å². The Labute approximate surface area is 114 Å². The molecule has 0 radical (unpaired) electrons. The second-order valence-corrected chi connectivity index (χ2v) is 5.18. The van der Waals surface area contributed by atoms with Gasteiger partial charge >= 0.3 is 5.97 Å². The zero-order valence-electron chi connectivity index (χ0n) is 10.3. The van der Waals surface area contributed by atoms with E-state index in [-0.39, 0.29) is 0 Å². The van der Waals surface area contributed by atoms with Crippen LogP contribution in [0.5, 0.6) is 5.75 Å². The largest absolute Gasteiger partial charge is 0.421 e. The molecule has 0 aliphatic heterocycles. The number of aryl methyl sites for hydroxylation is 1. The van der Waals surface area contributed by atoms with Crippen LogP contribution in [0.2, 0.25) is 0 Å². The first-order chi connectivity index (χ1) is 9.24. The SMILES string of the molecule is Cc1nc(C(=O)Oc2cccc3ccccc23)cs1. The molecule has 0 saturated heterocycles. The summed E-state index contributed by atoms with van der Waals surface area (Å²) in [6.07, 6.45) is 0. The zero-order chi connectivity index (χ0) is 13.2. The lowest BCUT2D eigenvalue weighted by Crippen LogP contribution is -2.09. The number of carbonyl (C=O) groups is 1. The lowest BCUT2D eigenvalue weighted by Gasteiger charge is -2.06. The minimum Gasteiger partial charge on any atom is -0.421 e. The average Bonchev–Trinajstić information content (AvgIpc) is 2.86. The monoisotopic (exact) mass is 269 g/mol. The average molecular weight is 269 g/mol. The van der Waals surface area contributed by atoms with Gasteiger partial charge in [0, 0.05) is 10.8 Å². The molecule has 1 aromatic heterocycles. The van der Waals surface area contributed by atoms with Crippen LogP contribution in [0.25, 0.3) is 10.8 Å². The number of fused-ring (bicyclic) bond motifs is 1. The van der Waals surface area contributed by atoms with Crippen molar-refractivity contribution in [1.29, 1.82) is 0 Å². The first-order valence-corrected chi connectivity index (χ1v) is 6.74. The molecule has 3 rings (SSSR count). The summed E-state index contributed by atoms with van der Waals surface area (Å²) in [5.74, 6) is 0.148. The van der Waals surface area contributed by atoms with E-state index in [0.29, 0.717) is 11.4 Å². The van der Waals surface area contributed by atoms with E-state index in [0.717, 1.165) is 15.8 Å². The van der Waals surface area contributed by atoms with Crippen molar-refractivity contribution in [2.45, 2.75) is 6.92 Å². The highest BCUT2D eigenvalue weighted by Gasteiger charge is 2.13. The third-order valence-electron chi connectivity index (χ3n) is 2.78. The van der Waals surface area contributed by atoms with Gasteiger partial charge in [-0.05, 0) is 18.4 Å². The lowest BCUT2D eigenvalue weighted by molar-refractivity contribution is 0.0731. The summed E-state index contributed by atoms with van der Waals surface area (Å²) in [5.41, 5.74) is 0.357. The Morgan fingerprint density at radius 1 is 1.16 bits per heavy atom. The van der Waals surface area contributed by atoms with Crippen LogP contribution >= 0.6 is 11.3 Å². The number of thiazole rings is 1. The van der Waals surface area contributed by atoms with E-state index in [1.54, 1.807) is 11.4 Å². The highest BCUT2D eigenvalue weighted by molar-refractivity contribution is 7.09. The van der Waals surface area contributed by atoms with Crippen LogP contribution in [0.15, 0.2) is 47.8 Å². The number of nitrogens with zero attached hydrogens (tertiary/aromatic N) is 1. The standard InChI is InChI=1S/C15H11NO2S/c1-10-16-13(9-19-10)15(17)18-14-8-4-6-11-5-2-3-7-12(11)14/h2-9H,1H3. The van der Waals surface area contributed by atoms with Crippen molar-refractivity contribution in [3.63, 3.8) is 0 Å². The molecule has 3 aromatic rings. The first-order valence-electron chi connectivity index (χ1n) is 5.86. The van der Waals surface area contributed by atoms with E-state index in [4.69, 9.17) is 4.74 Å². The molecule has 0 saturated carbocycles. The maximum absolute atomic E-state index is 12.0. The van der Waals surface area contributed by atoms with Crippen LogP contribution in [0.1, 0.15) is 15.5 Å². The molecular weight excluding hydrogens is 258 g/mol. The van der Waals surface area contributed by atoms with Gasteiger partial charge in [0.15, 0.2) is 5.69 Å². The first kappa shape index (κ1) is 11.9. The highest BCUT2D eigenvalue weighted by atomic mass is 32.1. The molecule has 0 aliphatic rings. The molecule has 1 heterocycles. The maximum Gasteiger partial charge on any atom is 0.363 e. The number of ether oxygens (including phenoxy) is 1. The van der Waals surface area contributed by atoms with Gasteiger partial charge in [0.05, 0.1) is 5.01 Å². The smallest absolute Gasteiger partial charge is 0.363 e. The van der Waals surface area contributed by atoms with Gasteiger partial charge in [-0.25, -0.2) is 9.78 Å². The van der Waals surface area contributed by atoms with Gasteiger partial charge in [-0.3, -0.25) is 0 Å². The van der Waals surface area contributed by atoms with Gasteiger partial charge in [-0.15, -0.1) is 11.3 Å². The number of rotatable bonds is 2. The predicted octanol–water partition coefficient (Wildman–Crippen LogP) is 3.82. The molecule has 0 aliphatic carbocycles. The molecular formula is C15H11NO2S. The minimum atomic E-state index is -0.416. The van der Waals surface area contributed by atoms with E-state index < -0.39 is 5.97 Å². The van der Waals surface area contributed by atoms with Crippen molar-refractivity contribution in [2.24, 2.45) is 0 Å². The Kier molecular flexibility index (Phi) is 3.01. The fourth-order valence-corrected chi connectivity index (χ4v) is 2.48. The fourth-order valence-electron chi connectivity index (χ4n) is 1.89. The maximum atomic E-state index is 12.0. The van der Waals surface area contributed by atoms with Crippen LogP contribution in [0.4, 0.5) is 0 Å². The zero-order valence-corrected chi connectivity index (χ0v) is 11.1. The summed E-state index contributed by atoms with van der Waals surface area (Å²) in [6, 6.07) is 13.4. The molecule has 4 heteroatoms. The van der Waals surface area contributed by atoms with Crippen molar-refractivity contribution in [3.05, 3.63) is 58.5 Å². The third kappa shape index (κ3) is 2.35. The van der Waals surface area contributed by atoms with Gasteiger partial charge in [-0.2, -0.15) is 0 Å². The summed E-state index contributed by atoms with van der Waals surface area (Å²) >= 11 is 1.43. The second kappa shape index (κ2) is 4.82. The van der Waals surface area contributed by atoms with Crippen LogP contribution in [-0.4, -0.2) is 11.0 Å². The summed E-state index contributed by atoms with van der Waals surface area (Å²) in [6.45, 7) is 1.86. The van der Waals surface area contributed by atoms with Gasteiger partial charge in [0.2, 0.25) is 0 Å². The lowest BCUT2D eigenvalue weighted by atomic mass is 10.1. The summed E-state index contributed by atoms with van der Waals surface area (Å²) in [4.78, 5) is 16.1. The summed E-state index contributed by atoms with van der Waals surface area (Å²) < 4.78 is 5.43. The molecule has 0 atom stereocenters. The fraction of sp³-hybridized carbons (Fsp3) is 0.0667. The quantitative estimate of drug-likeness (QED) is 0.524. The van der Waals surface area contributed by atoms with Gasteiger partial charge in [0.25, 0.3) is 0 Å². The van der Waals surface area contributed by atoms with E-state index in [1.807, 2.05) is 43.3 Å². The Balaban J connectivity index is 1.95. The molecule has 0 N–H and O–H groups in total. The number of aromatic nitrogens is 1. The van der Waals surface area contributed by atoms with Gasteiger partial charge < -0.3 is 4.74 Å². The van der Waals surface area contributed by atoms with Crippen molar-refractivity contribution >= 4 is 28.1 Å². The predicted molar refractivity (Wildman–Crippen MR) is 75.8 cm³/mol. The van der Waals surface area contributed by atoms with Crippen LogP contribution in [0, 0.1) is 6.92 Å². The second-order valence-electron chi connectivity index (χ2n) is 4.12.